The summed E-state index contributed by atoms with van der Waals surface area (Å²) in [5.41, 5.74) is 0.655. The Kier molecular flexibility index (Phi) is 9.33. The molecular weight excluding hydrogens is 356 g/mol. The van der Waals surface area contributed by atoms with Gasteiger partial charge in [-0.15, -0.1) is 0 Å². The monoisotopic (exact) mass is 386 g/mol. The van der Waals surface area contributed by atoms with Gasteiger partial charge in [0.05, 0.1) is 19.1 Å². The molecule has 0 aliphatic heterocycles. The molecule has 1 aromatic carbocycles. The SMILES string of the molecule is CCOc1ccc(N(CCC#N)C(=O)COC(=O)CCC2CCCCC2)cc1. The Balaban J connectivity index is 1.85. The van der Waals surface area contributed by atoms with Crippen LogP contribution in [-0.2, 0) is 14.3 Å². The van der Waals surface area contributed by atoms with Gasteiger partial charge in [-0.3, -0.25) is 9.59 Å². The van der Waals surface area contributed by atoms with Crippen LogP contribution in [0, 0.1) is 17.2 Å². The van der Waals surface area contributed by atoms with Crippen LogP contribution in [-0.4, -0.2) is 31.6 Å². The Morgan fingerprint density at radius 1 is 1.18 bits per heavy atom. The number of nitriles is 1. The van der Waals surface area contributed by atoms with Gasteiger partial charge >= 0.3 is 5.97 Å². The topological polar surface area (TPSA) is 79.6 Å². The van der Waals surface area contributed by atoms with Crippen molar-refractivity contribution in [3.8, 4) is 11.8 Å². The van der Waals surface area contributed by atoms with E-state index < -0.39 is 0 Å². The van der Waals surface area contributed by atoms with Crippen LogP contribution in [0.4, 0.5) is 5.69 Å². The molecule has 0 radical (unpaired) electrons. The molecule has 0 spiro atoms. The van der Waals surface area contributed by atoms with E-state index in [9.17, 15) is 9.59 Å². The molecule has 6 heteroatoms. The zero-order chi connectivity index (χ0) is 20.2. The highest BCUT2D eigenvalue weighted by Crippen LogP contribution is 2.27. The maximum absolute atomic E-state index is 12.6. The molecule has 6 nitrogen and oxygen atoms in total. The Bertz CT molecular complexity index is 660. The van der Waals surface area contributed by atoms with Gasteiger partial charge in [-0.05, 0) is 43.5 Å². The molecule has 1 saturated carbocycles. The van der Waals surface area contributed by atoms with Crippen molar-refractivity contribution in [3.05, 3.63) is 24.3 Å². The summed E-state index contributed by atoms with van der Waals surface area (Å²) in [4.78, 5) is 26.1. The number of carbonyl (C=O) groups is 2. The van der Waals surface area contributed by atoms with Gasteiger partial charge in [0.2, 0.25) is 0 Å². The summed E-state index contributed by atoms with van der Waals surface area (Å²) in [7, 11) is 0. The lowest BCUT2D eigenvalue weighted by Crippen LogP contribution is -2.35. The molecule has 2 rings (SSSR count). The first-order chi connectivity index (χ1) is 13.6. The Hall–Kier alpha value is -2.55. The van der Waals surface area contributed by atoms with Crippen LogP contribution in [0.2, 0.25) is 0 Å². The summed E-state index contributed by atoms with van der Waals surface area (Å²) in [6.45, 7) is 2.41. The van der Waals surface area contributed by atoms with Crippen LogP contribution in [0.25, 0.3) is 0 Å². The maximum Gasteiger partial charge on any atom is 0.306 e. The lowest BCUT2D eigenvalue weighted by Gasteiger charge is -2.22. The summed E-state index contributed by atoms with van der Waals surface area (Å²) in [6.07, 6.45) is 7.55. The minimum Gasteiger partial charge on any atom is -0.494 e. The number of benzene rings is 1. The smallest absolute Gasteiger partial charge is 0.306 e. The third-order valence-electron chi connectivity index (χ3n) is 5.05. The Morgan fingerprint density at radius 3 is 2.54 bits per heavy atom. The number of hydrogen-bond acceptors (Lipinski definition) is 5. The number of anilines is 1. The second-order valence-electron chi connectivity index (χ2n) is 7.08. The van der Waals surface area contributed by atoms with Gasteiger partial charge in [0.1, 0.15) is 5.75 Å². The first-order valence-corrected chi connectivity index (χ1v) is 10.2. The third-order valence-corrected chi connectivity index (χ3v) is 5.05. The van der Waals surface area contributed by atoms with Gasteiger partial charge in [0.15, 0.2) is 6.61 Å². The van der Waals surface area contributed by atoms with Gasteiger partial charge < -0.3 is 14.4 Å². The molecule has 0 unspecified atom stereocenters. The molecule has 1 fully saturated rings. The van der Waals surface area contributed by atoms with Gasteiger partial charge in [-0.1, -0.05) is 32.1 Å². The highest BCUT2D eigenvalue weighted by atomic mass is 16.5. The van der Waals surface area contributed by atoms with Crippen molar-refractivity contribution >= 4 is 17.6 Å². The van der Waals surface area contributed by atoms with Crippen molar-refractivity contribution in [3.63, 3.8) is 0 Å². The van der Waals surface area contributed by atoms with E-state index in [1.54, 1.807) is 24.3 Å². The quantitative estimate of drug-likeness (QED) is 0.562. The van der Waals surface area contributed by atoms with Crippen LogP contribution >= 0.6 is 0 Å². The fourth-order valence-corrected chi connectivity index (χ4v) is 3.54. The molecular formula is C22H30N2O4. The van der Waals surface area contributed by atoms with Crippen molar-refractivity contribution in [2.75, 3.05) is 24.7 Å². The van der Waals surface area contributed by atoms with E-state index in [4.69, 9.17) is 14.7 Å². The summed E-state index contributed by atoms with van der Waals surface area (Å²) in [6, 6.07) is 9.15. The van der Waals surface area contributed by atoms with E-state index in [0.717, 1.165) is 6.42 Å². The van der Waals surface area contributed by atoms with Crippen LogP contribution in [0.3, 0.4) is 0 Å². The lowest BCUT2D eigenvalue weighted by atomic mass is 9.86. The van der Waals surface area contributed by atoms with Crippen LogP contribution in [0.15, 0.2) is 24.3 Å². The molecule has 0 aromatic heterocycles. The second-order valence-corrected chi connectivity index (χ2v) is 7.08. The fraction of sp³-hybridized carbons (Fsp3) is 0.591. The molecule has 0 saturated heterocycles. The third kappa shape index (κ3) is 7.22. The van der Waals surface area contributed by atoms with Crippen LogP contribution in [0.5, 0.6) is 5.75 Å². The standard InChI is InChI=1S/C22H30N2O4/c1-2-27-20-12-10-19(11-13-20)24(16-6-15-23)21(25)17-28-22(26)14-9-18-7-4-3-5-8-18/h10-13,18H,2-9,14,16-17H2,1H3. The molecule has 1 aliphatic carbocycles. The Morgan fingerprint density at radius 2 is 1.89 bits per heavy atom. The zero-order valence-corrected chi connectivity index (χ0v) is 16.7. The van der Waals surface area contributed by atoms with Crippen LogP contribution in [0.1, 0.15) is 58.3 Å². The van der Waals surface area contributed by atoms with Crippen molar-refractivity contribution < 1.29 is 19.1 Å². The van der Waals surface area contributed by atoms with E-state index >= 15 is 0 Å². The first-order valence-electron chi connectivity index (χ1n) is 10.2. The van der Waals surface area contributed by atoms with Crippen molar-refractivity contribution in [1.29, 1.82) is 5.26 Å². The highest BCUT2D eigenvalue weighted by Gasteiger charge is 2.19. The van der Waals surface area contributed by atoms with Crippen molar-refractivity contribution in [2.45, 2.75) is 58.3 Å². The molecule has 0 bridgehead atoms. The minimum atomic E-state index is -0.328. The number of hydrogen-bond donors (Lipinski definition) is 0. The summed E-state index contributed by atoms with van der Waals surface area (Å²) >= 11 is 0. The minimum absolute atomic E-state index is 0.203. The van der Waals surface area contributed by atoms with E-state index in [0.29, 0.717) is 30.4 Å². The summed E-state index contributed by atoms with van der Waals surface area (Å²) < 4.78 is 10.6. The zero-order valence-electron chi connectivity index (χ0n) is 16.7. The molecule has 152 valence electrons. The molecule has 0 N–H and O–H groups in total. The fourth-order valence-electron chi connectivity index (χ4n) is 3.54. The highest BCUT2D eigenvalue weighted by molar-refractivity contribution is 5.95. The molecule has 1 aliphatic rings. The summed E-state index contributed by atoms with van der Waals surface area (Å²) in [5, 5.41) is 8.88. The molecule has 0 atom stereocenters. The number of ether oxygens (including phenoxy) is 2. The van der Waals surface area contributed by atoms with Crippen LogP contribution < -0.4 is 9.64 Å². The Labute approximate surface area is 167 Å². The van der Waals surface area contributed by atoms with Gasteiger partial charge in [-0.2, -0.15) is 5.26 Å². The van der Waals surface area contributed by atoms with E-state index in [-0.39, 0.29) is 31.4 Å². The number of rotatable bonds is 10. The maximum atomic E-state index is 12.6. The van der Waals surface area contributed by atoms with Crippen molar-refractivity contribution in [2.24, 2.45) is 5.92 Å². The van der Waals surface area contributed by atoms with Crippen molar-refractivity contribution in [1.82, 2.24) is 0 Å². The van der Waals surface area contributed by atoms with E-state index in [1.807, 2.05) is 13.0 Å². The molecule has 1 amide bonds. The van der Waals surface area contributed by atoms with Gasteiger partial charge in [0, 0.05) is 18.7 Å². The largest absolute Gasteiger partial charge is 0.494 e. The molecule has 0 heterocycles. The number of esters is 1. The predicted molar refractivity (Wildman–Crippen MR) is 107 cm³/mol. The van der Waals surface area contributed by atoms with Gasteiger partial charge in [0.25, 0.3) is 5.91 Å². The molecule has 1 aromatic rings. The lowest BCUT2D eigenvalue weighted by molar-refractivity contribution is -0.148. The number of amides is 1. The number of nitrogens with zero attached hydrogens (tertiary/aromatic N) is 2. The average molecular weight is 386 g/mol. The van der Waals surface area contributed by atoms with E-state index in [2.05, 4.69) is 0 Å². The van der Waals surface area contributed by atoms with Gasteiger partial charge in [-0.25, -0.2) is 0 Å². The number of carbonyl (C=O) groups excluding carboxylic acids is 2. The summed E-state index contributed by atoms with van der Waals surface area (Å²) in [5.74, 6) is 0.664. The van der Waals surface area contributed by atoms with E-state index in [1.165, 1.54) is 37.0 Å². The predicted octanol–water partition coefficient (Wildman–Crippen LogP) is 4.24. The average Bonchev–Trinajstić information content (AvgIpc) is 2.73. The molecule has 28 heavy (non-hydrogen) atoms. The first kappa shape index (κ1) is 21.7. The normalized spacial score (nSPS) is 14.1. The second kappa shape index (κ2) is 12.0.